The van der Waals surface area contributed by atoms with Crippen LogP contribution in [0.4, 0.5) is 0 Å². The van der Waals surface area contributed by atoms with Crippen LogP contribution in [0.2, 0.25) is 0 Å². The number of benzene rings is 2. The molecule has 0 N–H and O–H groups in total. The molecule has 1 nitrogen and oxygen atoms in total. The zero-order chi connectivity index (χ0) is 14.7. The molecule has 2 aromatic carbocycles. The third-order valence-corrected chi connectivity index (χ3v) is 4.85. The van der Waals surface area contributed by atoms with Crippen molar-refractivity contribution >= 4 is 0 Å². The van der Waals surface area contributed by atoms with E-state index in [1.165, 1.54) is 48.8 Å². The minimum atomic E-state index is 0.476. The van der Waals surface area contributed by atoms with Gasteiger partial charge in [-0.05, 0) is 61.3 Å². The van der Waals surface area contributed by atoms with E-state index in [1.54, 1.807) is 7.11 Å². The predicted octanol–water partition coefficient (Wildman–Crippen LogP) is 4.96. The first kappa shape index (κ1) is 14.2. The number of methoxy groups -OCH3 is 1. The third-order valence-electron chi connectivity index (χ3n) is 4.85. The monoisotopic (exact) mass is 280 g/mol. The van der Waals surface area contributed by atoms with Crippen molar-refractivity contribution in [1.29, 1.82) is 0 Å². The van der Waals surface area contributed by atoms with Crippen molar-refractivity contribution in [2.45, 2.75) is 39.0 Å². The van der Waals surface area contributed by atoms with Gasteiger partial charge in [-0.15, -0.1) is 0 Å². The molecule has 1 fully saturated rings. The van der Waals surface area contributed by atoms with Crippen molar-refractivity contribution in [3.8, 4) is 5.75 Å². The average Bonchev–Trinajstić information content (AvgIpc) is 2.48. The van der Waals surface area contributed by atoms with Crippen LogP contribution in [0, 0.1) is 12.3 Å². The summed E-state index contributed by atoms with van der Waals surface area (Å²) in [6.07, 6.45) is 6.48. The lowest BCUT2D eigenvalue weighted by atomic mass is 9.62. The molecule has 1 aliphatic carbocycles. The summed E-state index contributed by atoms with van der Waals surface area (Å²) in [5.41, 5.74) is 4.73. The average molecular weight is 280 g/mol. The molecule has 1 aliphatic rings. The smallest absolute Gasteiger partial charge is 0.118 e. The number of hydrogen-bond donors (Lipinski definition) is 0. The van der Waals surface area contributed by atoms with Crippen molar-refractivity contribution in [2.75, 3.05) is 7.11 Å². The molecule has 3 rings (SSSR count). The largest absolute Gasteiger partial charge is 0.497 e. The summed E-state index contributed by atoms with van der Waals surface area (Å²) in [6.45, 7) is 2.15. The second-order valence-electron chi connectivity index (χ2n) is 6.54. The first-order chi connectivity index (χ1) is 10.2. The van der Waals surface area contributed by atoms with Gasteiger partial charge in [-0.3, -0.25) is 0 Å². The molecule has 1 heteroatoms. The molecule has 21 heavy (non-hydrogen) atoms. The van der Waals surface area contributed by atoms with Gasteiger partial charge >= 0.3 is 0 Å². The highest BCUT2D eigenvalue weighted by Crippen LogP contribution is 2.46. The molecule has 0 aromatic heterocycles. The quantitative estimate of drug-likeness (QED) is 0.752. The summed E-state index contributed by atoms with van der Waals surface area (Å²) in [5.74, 6) is 0.944. The first-order valence-corrected chi connectivity index (χ1v) is 7.88. The first-order valence-electron chi connectivity index (χ1n) is 7.88. The summed E-state index contributed by atoms with van der Waals surface area (Å²) in [6, 6.07) is 17.6. The van der Waals surface area contributed by atoms with Crippen LogP contribution in [0.1, 0.15) is 36.0 Å². The Bertz CT molecular complexity index is 576. The minimum absolute atomic E-state index is 0.476. The topological polar surface area (TPSA) is 9.23 Å². The molecule has 0 amide bonds. The number of aryl methyl sites for hydroxylation is 1. The summed E-state index contributed by atoms with van der Waals surface area (Å²) >= 11 is 0. The fraction of sp³-hybridized carbons (Fsp3) is 0.400. The van der Waals surface area contributed by atoms with E-state index in [1.807, 2.05) is 0 Å². The Hall–Kier alpha value is -1.76. The van der Waals surface area contributed by atoms with Crippen LogP contribution in [-0.2, 0) is 12.8 Å². The van der Waals surface area contributed by atoms with E-state index in [0.29, 0.717) is 5.41 Å². The van der Waals surface area contributed by atoms with Crippen molar-refractivity contribution in [3.63, 3.8) is 0 Å². The van der Waals surface area contributed by atoms with Gasteiger partial charge in [-0.1, -0.05) is 48.4 Å². The van der Waals surface area contributed by atoms with E-state index < -0.39 is 0 Å². The molecule has 0 saturated heterocycles. The lowest BCUT2D eigenvalue weighted by Crippen LogP contribution is -2.34. The Kier molecular flexibility index (Phi) is 4.01. The van der Waals surface area contributed by atoms with E-state index in [4.69, 9.17) is 4.74 Å². The lowest BCUT2D eigenvalue weighted by Gasteiger charge is -2.42. The van der Waals surface area contributed by atoms with Crippen LogP contribution >= 0.6 is 0 Å². The summed E-state index contributed by atoms with van der Waals surface area (Å²) in [4.78, 5) is 0. The Morgan fingerprint density at radius 2 is 1.38 bits per heavy atom. The Morgan fingerprint density at radius 3 is 1.81 bits per heavy atom. The molecular weight excluding hydrogens is 256 g/mol. The maximum atomic E-state index is 5.25. The van der Waals surface area contributed by atoms with Gasteiger partial charge in [0.05, 0.1) is 7.11 Å². The fourth-order valence-corrected chi connectivity index (χ4v) is 3.41. The van der Waals surface area contributed by atoms with Crippen LogP contribution < -0.4 is 4.74 Å². The van der Waals surface area contributed by atoms with Gasteiger partial charge in [-0.2, -0.15) is 0 Å². The highest BCUT2D eigenvalue weighted by Gasteiger charge is 2.36. The molecule has 1 saturated carbocycles. The standard InChI is InChI=1S/C20H24O/c1-16-4-6-17(7-5-16)14-20(12-3-13-20)15-18-8-10-19(21-2)11-9-18/h4-11H,3,12-15H2,1-2H3. The SMILES string of the molecule is COc1ccc(CC2(Cc3ccc(C)cc3)CCC2)cc1. The van der Waals surface area contributed by atoms with Crippen molar-refractivity contribution in [3.05, 3.63) is 65.2 Å². The van der Waals surface area contributed by atoms with Gasteiger partial charge in [0.2, 0.25) is 0 Å². The van der Waals surface area contributed by atoms with Crippen LogP contribution in [0.15, 0.2) is 48.5 Å². The van der Waals surface area contributed by atoms with Crippen LogP contribution in [0.3, 0.4) is 0 Å². The molecule has 0 spiro atoms. The van der Waals surface area contributed by atoms with Gasteiger partial charge in [0.25, 0.3) is 0 Å². The Balaban J connectivity index is 1.72. The van der Waals surface area contributed by atoms with Gasteiger partial charge in [0.1, 0.15) is 5.75 Å². The van der Waals surface area contributed by atoms with Crippen molar-refractivity contribution < 1.29 is 4.74 Å². The van der Waals surface area contributed by atoms with Gasteiger partial charge in [-0.25, -0.2) is 0 Å². The van der Waals surface area contributed by atoms with Gasteiger partial charge < -0.3 is 4.74 Å². The Morgan fingerprint density at radius 1 is 0.857 bits per heavy atom. The second-order valence-corrected chi connectivity index (χ2v) is 6.54. The van der Waals surface area contributed by atoms with E-state index in [0.717, 1.165) is 5.75 Å². The van der Waals surface area contributed by atoms with Gasteiger partial charge in [0.15, 0.2) is 0 Å². The molecule has 2 aromatic rings. The highest BCUT2D eigenvalue weighted by atomic mass is 16.5. The molecule has 110 valence electrons. The number of hydrogen-bond acceptors (Lipinski definition) is 1. The maximum absolute atomic E-state index is 5.25. The van der Waals surface area contributed by atoms with Gasteiger partial charge in [0, 0.05) is 0 Å². The number of ether oxygens (including phenoxy) is 1. The highest BCUT2D eigenvalue weighted by molar-refractivity contribution is 5.29. The zero-order valence-electron chi connectivity index (χ0n) is 13.1. The molecule has 0 radical (unpaired) electrons. The minimum Gasteiger partial charge on any atom is -0.497 e. The van der Waals surface area contributed by atoms with E-state index >= 15 is 0 Å². The molecule has 0 unspecified atom stereocenters. The second kappa shape index (κ2) is 5.93. The summed E-state index contributed by atoms with van der Waals surface area (Å²) < 4.78 is 5.25. The van der Waals surface area contributed by atoms with Crippen molar-refractivity contribution in [2.24, 2.45) is 5.41 Å². The Labute approximate surface area is 128 Å². The van der Waals surface area contributed by atoms with Crippen LogP contribution in [0.5, 0.6) is 5.75 Å². The molecule has 0 heterocycles. The molecule has 0 bridgehead atoms. The molecular formula is C20H24O. The fourth-order valence-electron chi connectivity index (χ4n) is 3.41. The summed E-state index contributed by atoms with van der Waals surface area (Å²) in [7, 11) is 1.72. The summed E-state index contributed by atoms with van der Waals surface area (Å²) in [5, 5.41) is 0. The normalized spacial score (nSPS) is 16.3. The maximum Gasteiger partial charge on any atom is 0.118 e. The molecule has 0 atom stereocenters. The van der Waals surface area contributed by atoms with E-state index in [2.05, 4.69) is 55.5 Å². The van der Waals surface area contributed by atoms with Crippen molar-refractivity contribution in [1.82, 2.24) is 0 Å². The van der Waals surface area contributed by atoms with Crippen LogP contribution in [-0.4, -0.2) is 7.11 Å². The van der Waals surface area contributed by atoms with E-state index in [9.17, 15) is 0 Å². The molecule has 0 aliphatic heterocycles. The lowest BCUT2D eigenvalue weighted by molar-refractivity contribution is 0.133. The van der Waals surface area contributed by atoms with E-state index in [-0.39, 0.29) is 0 Å². The van der Waals surface area contributed by atoms with Crippen LogP contribution in [0.25, 0.3) is 0 Å². The zero-order valence-corrected chi connectivity index (χ0v) is 13.1. The number of rotatable bonds is 5. The third kappa shape index (κ3) is 3.29. The predicted molar refractivity (Wildman–Crippen MR) is 87.9 cm³/mol.